The Morgan fingerprint density at radius 3 is 2.59 bits per heavy atom. The molecule has 0 unspecified atom stereocenters. The molecule has 0 radical (unpaired) electrons. The van der Waals surface area contributed by atoms with Crippen LogP contribution in [0.1, 0.15) is 11.1 Å². The molecule has 3 rings (SSSR count). The van der Waals surface area contributed by atoms with Crippen LogP contribution in [0.2, 0.25) is 0 Å². The van der Waals surface area contributed by atoms with E-state index >= 15 is 0 Å². The van der Waals surface area contributed by atoms with E-state index < -0.39 is 15.7 Å². The third-order valence-corrected chi connectivity index (χ3v) is 5.45. The number of nitrogens with two attached hydrogens (primary N) is 1. The summed E-state index contributed by atoms with van der Waals surface area (Å²) in [5, 5.41) is 0. The van der Waals surface area contributed by atoms with Crippen LogP contribution in [0.25, 0.3) is 6.08 Å². The number of fused-ring (bicyclic) bond motifs is 1. The van der Waals surface area contributed by atoms with Crippen LogP contribution in [-0.2, 0) is 16.4 Å². The summed E-state index contributed by atoms with van der Waals surface area (Å²) in [4.78, 5) is 0.330. The van der Waals surface area contributed by atoms with Crippen molar-refractivity contribution in [2.24, 2.45) is 5.73 Å². The summed E-state index contributed by atoms with van der Waals surface area (Å²) in [5.74, 6) is -0.507. The normalized spacial score (nSPS) is 15.3. The largest absolute Gasteiger partial charge is 0.485 e. The van der Waals surface area contributed by atoms with Crippen LogP contribution in [0.5, 0.6) is 5.75 Å². The molecule has 22 heavy (non-hydrogen) atoms. The lowest BCUT2D eigenvalue weighted by Gasteiger charge is -2.09. The van der Waals surface area contributed by atoms with Crippen molar-refractivity contribution in [3.05, 3.63) is 64.3 Å². The Kier molecular flexibility index (Phi) is 3.72. The fourth-order valence-corrected chi connectivity index (χ4v) is 4.11. The Morgan fingerprint density at radius 1 is 1.09 bits per heavy atom. The maximum atomic E-state index is 13.5. The summed E-state index contributed by atoms with van der Waals surface area (Å²) >= 11 is 0. The molecule has 0 spiro atoms. The van der Waals surface area contributed by atoms with Crippen molar-refractivity contribution in [1.29, 1.82) is 0 Å². The van der Waals surface area contributed by atoms with Crippen molar-refractivity contribution in [1.82, 2.24) is 0 Å². The number of sulfone groups is 1. The second kappa shape index (κ2) is 5.55. The van der Waals surface area contributed by atoms with E-state index in [0.717, 1.165) is 0 Å². The molecular weight excluding hydrogens is 305 g/mol. The van der Waals surface area contributed by atoms with E-state index in [-0.39, 0.29) is 28.7 Å². The Labute approximate surface area is 127 Å². The van der Waals surface area contributed by atoms with Crippen LogP contribution in [0.15, 0.2) is 52.3 Å². The van der Waals surface area contributed by atoms with Gasteiger partial charge < -0.3 is 10.5 Å². The van der Waals surface area contributed by atoms with Crippen LogP contribution >= 0.6 is 0 Å². The van der Waals surface area contributed by atoms with E-state index in [4.69, 9.17) is 10.5 Å². The van der Waals surface area contributed by atoms with Crippen LogP contribution < -0.4 is 10.5 Å². The number of benzene rings is 2. The van der Waals surface area contributed by atoms with Gasteiger partial charge in [0.15, 0.2) is 11.6 Å². The second-order valence-electron chi connectivity index (χ2n) is 4.87. The number of hydrogen-bond donors (Lipinski definition) is 1. The first-order valence-electron chi connectivity index (χ1n) is 6.69. The van der Waals surface area contributed by atoms with Gasteiger partial charge >= 0.3 is 0 Å². The van der Waals surface area contributed by atoms with Gasteiger partial charge in [0.25, 0.3) is 0 Å². The molecule has 0 saturated carbocycles. The Bertz CT molecular complexity index is 859. The molecule has 114 valence electrons. The molecule has 0 saturated heterocycles. The fraction of sp³-hybridized carbons (Fsp3) is 0.125. The third-order valence-electron chi connectivity index (χ3n) is 3.48. The van der Waals surface area contributed by atoms with Crippen LogP contribution in [-0.4, -0.2) is 15.0 Å². The van der Waals surface area contributed by atoms with Gasteiger partial charge in [-0.3, -0.25) is 0 Å². The van der Waals surface area contributed by atoms with Gasteiger partial charge in [0.2, 0.25) is 9.84 Å². The molecule has 0 atom stereocenters. The zero-order chi connectivity index (χ0) is 15.7. The highest BCUT2D eigenvalue weighted by atomic mass is 32.2. The summed E-state index contributed by atoms with van der Waals surface area (Å²) in [5.41, 5.74) is 6.76. The number of para-hydroxylation sites is 1. The first-order chi connectivity index (χ1) is 10.5. The molecule has 2 aromatic rings. The molecule has 0 fully saturated rings. The standard InChI is InChI=1S/C16H14FNO3S/c17-14-6-1-2-7-15(14)21-10-13-8-11-4-3-5-12(9-18)16(11)22(13,19)20/h1-8H,9-10,18H2. The van der Waals surface area contributed by atoms with E-state index in [1.807, 2.05) is 0 Å². The van der Waals surface area contributed by atoms with Gasteiger partial charge in [-0.25, -0.2) is 12.8 Å². The van der Waals surface area contributed by atoms with Gasteiger partial charge in [0.05, 0.1) is 9.80 Å². The van der Waals surface area contributed by atoms with Crippen molar-refractivity contribution in [3.8, 4) is 5.75 Å². The van der Waals surface area contributed by atoms with Gasteiger partial charge in [-0.05, 0) is 29.3 Å². The van der Waals surface area contributed by atoms with Gasteiger partial charge in [0.1, 0.15) is 6.61 Å². The third kappa shape index (κ3) is 2.40. The first-order valence-corrected chi connectivity index (χ1v) is 8.17. The summed E-state index contributed by atoms with van der Waals surface area (Å²) in [7, 11) is -3.64. The average molecular weight is 319 g/mol. The molecule has 4 nitrogen and oxygen atoms in total. The van der Waals surface area contributed by atoms with Crippen molar-refractivity contribution in [2.45, 2.75) is 11.4 Å². The molecule has 1 aliphatic heterocycles. The molecule has 1 aliphatic rings. The lowest BCUT2D eigenvalue weighted by molar-refractivity contribution is 0.338. The zero-order valence-corrected chi connectivity index (χ0v) is 12.4. The molecule has 0 aromatic heterocycles. The van der Waals surface area contributed by atoms with Crippen molar-refractivity contribution < 1.29 is 17.5 Å². The number of rotatable bonds is 4. The molecular formula is C16H14FNO3S. The predicted molar refractivity (Wildman–Crippen MR) is 81.4 cm³/mol. The van der Waals surface area contributed by atoms with Gasteiger partial charge in [-0.15, -0.1) is 0 Å². The Hall–Kier alpha value is -2.18. The van der Waals surface area contributed by atoms with E-state index in [0.29, 0.717) is 11.1 Å². The van der Waals surface area contributed by atoms with Gasteiger partial charge in [-0.1, -0.05) is 30.3 Å². The Morgan fingerprint density at radius 2 is 1.86 bits per heavy atom. The minimum Gasteiger partial charge on any atom is -0.485 e. The van der Waals surface area contributed by atoms with E-state index in [1.165, 1.54) is 18.2 Å². The zero-order valence-electron chi connectivity index (χ0n) is 11.6. The molecule has 0 bridgehead atoms. The van der Waals surface area contributed by atoms with Crippen molar-refractivity contribution >= 4 is 15.9 Å². The van der Waals surface area contributed by atoms with Crippen LogP contribution in [0.4, 0.5) is 4.39 Å². The molecule has 2 aromatic carbocycles. The fourth-order valence-electron chi connectivity index (χ4n) is 2.42. The molecule has 6 heteroatoms. The first kappa shape index (κ1) is 14.7. The maximum Gasteiger partial charge on any atom is 0.207 e. The predicted octanol–water partition coefficient (Wildman–Crippen LogP) is 2.49. The lowest BCUT2D eigenvalue weighted by atomic mass is 10.1. The van der Waals surface area contributed by atoms with Gasteiger partial charge in [-0.2, -0.15) is 0 Å². The van der Waals surface area contributed by atoms with Crippen molar-refractivity contribution in [2.75, 3.05) is 6.61 Å². The Balaban J connectivity index is 1.90. The average Bonchev–Trinajstić information content (AvgIpc) is 2.77. The highest BCUT2D eigenvalue weighted by Gasteiger charge is 2.32. The summed E-state index contributed by atoms with van der Waals surface area (Å²) in [6.45, 7) is -0.0837. The van der Waals surface area contributed by atoms with E-state index in [1.54, 1.807) is 30.3 Å². The number of hydrogen-bond acceptors (Lipinski definition) is 4. The second-order valence-corrected chi connectivity index (χ2v) is 6.81. The minimum atomic E-state index is -3.64. The number of halogens is 1. The van der Waals surface area contributed by atoms with Crippen molar-refractivity contribution in [3.63, 3.8) is 0 Å². The molecule has 0 amide bonds. The monoisotopic (exact) mass is 319 g/mol. The SMILES string of the molecule is NCc1cccc2c1S(=O)(=O)C(COc1ccccc1F)=C2. The lowest BCUT2D eigenvalue weighted by Crippen LogP contribution is -2.12. The quantitative estimate of drug-likeness (QED) is 0.940. The van der Waals surface area contributed by atoms with Gasteiger partial charge in [0, 0.05) is 6.54 Å². The van der Waals surface area contributed by atoms with Crippen LogP contribution in [0.3, 0.4) is 0 Å². The molecule has 0 aliphatic carbocycles. The van der Waals surface area contributed by atoms with Crippen LogP contribution in [0, 0.1) is 5.82 Å². The highest BCUT2D eigenvalue weighted by molar-refractivity contribution is 7.96. The van der Waals surface area contributed by atoms with E-state index in [2.05, 4.69) is 0 Å². The maximum absolute atomic E-state index is 13.5. The van der Waals surface area contributed by atoms with E-state index in [9.17, 15) is 12.8 Å². The highest BCUT2D eigenvalue weighted by Crippen LogP contribution is 2.35. The molecule has 1 heterocycles. The topological polar surface area (TPSA) is 69.4 Å². The summed E-state index contributed by atoms with van der Waals surface area (Å²) in [6.07, 6.45) is 1.55. The summed E-state index contributed by atoms with van der Waals surface area (Å²) < 4.78 is 44.0. The minimum absolute atomic E-state index is 0.0219. The smallest absolute Gasteiger partial charge is 0.207 e. The molecule has 2 N–H and O–H groups in total. The summed E-state index contributed by atoms with van der Waals surface area (Å²) in [6, 6.07) is 11.0. The number of ether oxygens (including phenoxy) is 1.